The number of alkyl halides is 2. The fourth-order valence-electron chi connectivity index (χ4n) is 1.72. The van der Waals surface area contributed by atoms with Gasteiger partial charge in [0.2, 0.25) is 5.88 Å². The van der Waals surface area contributed by atoms with Crippen molar-refractivity contribution in [1.29, 1.82) is 0 Å². The molecular weight excluding hydrogens is 466 g/mol. The summed E-state index contributed by atoms with van der Waals surface area (Å²) in [6, 6.07) is 0. The van der Waals surface area contributed by atoms with Crippen molar-refractivity contribution in [2.24, 2.45) is 0 Å². The minimum atomic E-state index is -0.483. The highest BCUT2D eigenvalue weighted by molar-refractivity contribution is 14.1. The molecule has 1 atom stereocenters. The average Bonchev–Trinajstić information content (AvgIpc) is 2.77. The van der Waals surface area contributed by atoms with E-state index in [1.165, 1.54) is 4.57 Å². The number of hydrogen-bond donors (Lipinski definition) is 1. The number of halogens is 2. The molecular formula is C10H12I2N2O4. The first kappa shape index (κ1) is 14.3. The fourth-order valence-corrected chi connectivity index (χ4v) is 3.95. The quantitative estimate of drug-likeness (QED) is 0.518. The van der Waals surface area contributed by atoms with E-state index >= 15 is 0 Å². The lowest BCUT2D eigenvalue weighted by atomic mass is 10.3. The molecule has 0 amide bonds. The van der Waals surface area contributed by atoms with Crippen molar-refractivity contribution in [3.63, 3.8) is 0 Å². The Kier molecular flexibility index (Phi) is 4.69. The lowest BCUT2D eigenvalue weighted by Gasteiger charge is -2.18. The van der Waals surface area contributed by atoms with Gasteiger partial charge in [-0.1, -0.05) is 45.2 Å². The summed E-state index contributed by atoms with van der Waals surface area (Å²) in [6.45, 7) is 1.89. The second kappa shape index (κ2) is 5.90. The van der Waals surface area contributed by atoms with Gasteiger partial charge >= 0.3 is 5.69 Å². The van der Waals surface area contributed by atoms with Gasteiger partial charge in [0, 0.05) is 8.86 Å². The van der Waals surface area contributed by atoms with Crippen molar-refractivity contribution in [1.82, 2.24) is 9.55 Å². The molecule has 1 aromatic rings. The van der Waals surface area contributed by atoms with Gasteiger partial charge in [-0.2, -0.15) is 0 Å². The summed E-state index contributed by atoms with van der Waals surface area (Å²) in [5.74, 6) is 0.314. The first-order valence-corrected chi connectivity index (χ1v) is 8.39. The van der Waals surface area contributed by atoms with Crippen LogP contribution in [0.2, 0.25) is 0 Å². The van der Waals surface area contributed by atoms with Crippen LogP contribution in [-0.2, 0) is 4.74 Å². The van der Waals surface area contributed by atoms with E-state index in [-0.39, 0.29) is 12.7 Å². The molecule has 0 saturated heterocycles. The lowest BCUT2D eigenvalue weighted by molar-refractivity contribution is -0.0318. The van der Waals surface area contributed by atoms with Crippen molar-refractivity contribution in [3.05, 3.63) is 26.4 Å². The zero-order valence-electron chi connectivity index (χ0n) is 9.61. The second-order valence-corrected chi connectivity index (χ2v) is 5.65. The van der Waals surface area contributed by atoms with E-state index in [4.69, 9.17) is 9.47 Å². The molecule has 1 aliphatic heterocycles. The van der Waals surface area contributed by atoms with Crippen LogP contribution in [0.1, 0.15) is 11.8 Å². The Morgan fingerprint density at radius 1 is 1.50 bits per heavy atom. The van der Waals surface area contributed by atoms with Gasteiger partial charge in [-0.05, 0) is 6.92 Å². The Bertz CT molecular complexity index is 550. The molecule has 1 aliphatic rings. The molecule has 100 valence electrons. The molecule has 8 heteroatoms. The van der Waals surface area contributed by atoms with Crippen molar-refractivity contribution in [2.45, 2.75) is 19.3 Å². The standard InChI is InChI=1S/C10H12I2N2O4/c1-5-8(15)13-10(16)14-7(4-17-9(5)14)18-6(2-11)3-12/h6-7H,2-4H2,1H3,(H,13,15,16)/t7-/m0/s1. The number of fused-ring (bicyclic) bond motifs is 1. The summed E-state index contributed by atoms with van der Waals surface area (Å²) in [5, 5.41) is 0. The summed E-state index contributed by atoms with van der Waals surface area (Å²) in [5.41, 5.74) is -0.490. The largest absolute Gasteiger partial charge is 0.474 e. The molecule has 1 N–H and O–H groups in total. The topological polar surface area (TPSA) is 73.3 Å². The SMILES string of the molecule is Cc1c2n(c(=O)[nH]c1=O)[C@@H](OC(CI)CI)CO2. The third kappa shape index (κ3) is 2.59. The summed E-state index contributed by atoms with van der Waals surface area (Å²) >= 11 is 4.48. The molecule has 1 aromatic heterocycles. The molecule has 0 spiro atoms. The number of nitrogens with zero attached hydrogens (tertiary/aromatic N) is 1. The van der Waals surface area contributed by atoms with Crippen molar-refractivity contribution < 1.29 is 9.47 Å². The van der Waals surface area contributed by atoms with Crippen LogP contribution < -0.4 is 16.0 Å². The number of nitrogens with one attached hydrogen (secondary N) is 1. The summed E-state index contributed by atoms with van der Waals surface area (Å²) in [4.78, 5) is 25.5. The van der Waals surface area contributed by atoms with Crippen LogP contribution in [0.25, 0.3) is 0 Å². The van der Waals surface area contributed by atoms with Gasteiger partial charge in [0.05, 0.1) is 11.7 Å². The van der Waals surface area contributed by atoms with Gasteiger partial charge in [-0.15, -0.1) is 0 Å². The minimum absolute atomic E-state index is 0.0601. The fraction of sp³-hybridized carbons (Fsp3) is 0.600. The Hall–Kier alpha value is -0.100. The third-order valence-corrected chi connectivity index (χ3v) is 4.63. The summed E-state index contributed by atoms with van der Waals surface area (Å²) in [6.07, 6.45) is -0.400. The maximum absolute atomic E-state index is 11.8. The summed E-state index contributed by atoms with van der Waals surface area (Å²) < 4.78 is 14.3. The smallest absolute Gasteiger partial charge is 0.333 e. The maximum atomic E-state index is 11.8. The zero-order valence-corrected chi connectivity index (χ0v) is 13.9. The van der Waals surface area contributed by atoms with Gasteiger partial charge in [0.15, 0.2) is 6.23 Å². The molecule has 6 nitrogen and oxygen atoms in total. The number of aromatic amines is 1. The molecule has 0 bridgehead atoms. The van der Waals surface area contributed by atoms with Gasteiger partial charge in [-0.25, -0.2) is 9.36 Å². The van der Waals surface area contributed by atoms with Crippen molar-refractivity contribution >= 4 is 45.2 Å². The van der Waals surface area contributed by atoms with Crippen LogP contribution in [0.3, 0.4) is 0 Å². The van der Waals surface area contributed by atoms with Crippen molar-refractivity contribution in [3.8, 4) is 5.88 Å². The van der Waals surface area contributed by atoms with E-state index in [9.17, 15) is 9.59 Å². The number of rotatable bonds is 4. The first-order chi connectivity index (χ1) is 8.58. The van der Waals surface area contributed by atoms with Crippen molar-refractivity contribution in [2.75, 3.05) is 15.5 Å². The molecule has 0 aromatic carbocycles. The number of aromatic nitrogens is 2. The average molecular weight is 478 g/mol. The molecule has 0 fully saturated rings. The van der Waals surface area contributed by atoms with Crippen LogP contribution in [0.15, 0.2) is 9.59 Å². The van der Waals surface area contributed by atoms with Gasteiger partial charge < -0.3 is 9.47 Å². The van der Waals surface area contributed by atoms with Gasteiger partial charge in [0.25, 0.3) is 5.56 Å². The molecule has 18 heavy (non-hydrogen) atoms. The van der Waals surface area contributed by atoms with Gasteiger partial charge in [0.1, 0.15) is 6.61 Å². The zero-order chi connectivity index (χ0) is 13.3. The van der Waals surface area contributed by atoms with E-state index in [0.29, 0.717) is 11.4 Å². The molecule has 0 aliphatic carbocycles. The lowest BCUT2D eigenvalue weighted by Crippen LogP contribution is -2.34. The molecule has 0 unspecified atom stereocenters. The second-order valence-electron chi connectivity index (χ2n) is 3.89. The predicted molar refractivity (Wildman–Crippen MR) is 83.2 cm³/mol. The first-order valence-electron chi connectivity index (χ1n) is 5.34. The van der Waals surface area contributed by atoms with E-state index in [1.54, 1.807) is 6.92 Å². The highest BCUT2D eigenvalue weighted by Crippen LogP contribution is 2.27. The normalized spacial score (nSPS) is 17.9. The predicted octanol–water partition coefficient (Wildman–Crippen LogP) is 0.991. The van der Waals surface area contributed by atoms with E-state index in [0.717, 1.165) is 8.86 Å². The molecule has 0 saturated carbocycles. The number of hydrogen-bond acceptors (Lipinski definition) is 4. The van der Waals surface area contributed by atoms with Crippen LogP contribution >= 0.6 is 45.2 Å². The van der Waals surface area contributed by atoms with Gasteiger partial charge in [-0.3, -0.25) is 9.78 Å². The van der Waals surface area contributed by atoms with E-state index in [2.05, 4.69) is 50.2 Å². The maximum Gasteiger partial charge on any atom is 0.333 e. The molecule has 0 radical (unpaired) electrons. The Morgan fingerprint density at radius 3 is 2.78 bits per heavy atom. The van der Waals surface area contributed by atoms with Crippen LogP contribution in [0.4, 0.5) is 0 Å². The Balaban J connectivity index is 2.36. The minimum Gasteiger partial charge on any atom is -0.474 e. The monoisotopic (exact) mass is 478 g/mol. The summed E-state index contributed by atoms with van der Waals surface area (Å²) in [7, 11) is 0. The Morgan fingerprint density at radius 2 is 2.17 bits per heavy atom. The van der Waals surface area contributed by atoms with Crippen LogP contribution in [-0.4, -0.2) is 31.1 Å². The molecule has 2 heterocycles. The van der Waals surface area contributed by atoms with Crippen LogP contribution in [0.5, 0.6) is 5.88 Å². The number of H-pyrrole nitrogens is 1. The van der Waals surface area contributed by atoms with E-state index in [1.807, 2.05) is 0 Å². The van der Waals surface area contributed by atoms with Crippen LogP contribution in [0, 0.1) is 6.92 Å². The van der Waals surface area contributed by atoms with E-state index < -0.39 is 17.5 Å². The highest BCUT2D eigenvalue weighted by Gasteiger charge is 2.30. The number of ether oxygens (including phenoxy) is 2. The third-order valence-electron chi connectivity index (χ3n) is 2.66. The highest BCUT2D eigenvalue weighted by atomic mass is 127. The molecule has 2 rings (SSSR count). The Labute approximate surface area is 130 Å².